The Bertz CT molecular complexity index is 369. The van der Waals surface area contributed by atoms with Crippen molar-refractivity contribution in [3.05, 3.63) is 16.4 Å². The minimum absolute atomic E-state index is 0.525. The molecule has 1 N–H and O–H groups in total. The first kappa shape index (κ1) is 11.0. The number of nitrogens with zero attached hydrogens (tertiary/aromatic N) is 2. The number of aryl methyl sites for hydroxylation is 2. The van der Waals surface area contributed by atoms with Crippen LogP contribution in [-0.4, -0.2) is 20.5 Å². The summed E-state index contributed by atoms with van der Waals surface area (Å²) in [5.74, 6) is 0. The lowest BCUT2D eigenvalue weighted by atomic mass is 9.77. The molecule has 0 spiro atoms. The molecule has 0 aliphatic heterocycles. The van der Waals surface area contributed by atoms with Crippen molar-refractivity contribution in [2.75, 3.05) is 0 Å². The van der Waals surface area contributed by atoms with Crippen LogP contribution in [0, 0.1) is 6.92 Å². The van der Waals surface area contributed by atoms with Crippen molar-refractivity contribution in [1.29, 1.82) is 0 Å². The summed E-state index contributed by atoms with van der Waals surface area (Å²) in [6.07, 6.45) is 3.53. The summed E-state index contributed by atoms with van der Waals surface area (Å²) in [7, 11) is 0. The van der Waals surface area contributed by atoms with E-state index in [0.717, 1.165) is 42.2 Å². The molecule has 1 aromatic heterocycles. The van der Waals surface area contributed by atoms with Crippen LogP contribution < -0.4 is 0 Å². The molecule has 0 radical (unpaired) electrons. The number of halogens is 1. The van der Waals surface area contributed by atoms with Gasteiger partial charge in [0.05, 0.1) is 22.0 Å². The van der Waals surface area contributed by atoms with Crippen molar-refractivity contribution < 1.29 is 5.11 Å². The number of aliphatic hydroxyl groups is 1. The number of hydrogen-bond donors (Lipinski definition) is 1. The van der Waals surface area contributed by atoms with Crippen LogP contribution in [0.15, 0.2) is 0 Å². The zero-order valence-corrected chi connectivity index (χ0v) is 10.0. The molecule has 0 amide bonds. The molecule has 2 rings (SSSR count). The number of rotatable bonds is 3. The molecule has 1 saturated carbocycles. The molecule has 0 saturated heterocycles. The first-order valence-corrected chi connectivity index (χ1v) is 5.88. The van der Waals surface area contributed by atoms with Crippen molar-refractivity contribution in [3.8, 4) is 0 Å². The van der Waals surface area contributed by atoms with Crippen molar-refractivity contribution in [3.63, 3.8) is 0 Å². The standard InChI is InChI=1S/C11H17ClN2O/c1-3-14-9(10(12)8(2)13-14)7-11(15)5-4-6-11/h15H,3-7H2,1-2H3. The third-order valence-corrected chi connectivity index (χ3v) is 3.73. The predicted molar refractivity (Wildman–Crippen MR) is 60.2 cm³/mol. The van der Waals surface area contributed by atoms with Crippen LogP contribution in [0.5, 0.6) is 0 Å². The van der Waals surface area contributed by atoms with E-state index in [1.165, 1.54) is 0 Å². The summed E-state index contributed by atoms with van der Waals surface area (Å²) in [6, 6.07) is 0. The summed E-state index contributed by atoms with van der Waals surface area (Å²) in [6.45, 7) is 4.75. The Morgan fingerprint density at radius 2 is 2.20 bits per heavy atom. The van der Waals surface area contributed by atoms with Gasteiger partial charge >= 0.3 is 0 Å². The molecule has 0 aromatic carbocycles. The molecule has 1 aromatic rings. The lowest BCUT2D eigenvalue weighted by Crippen LogP contribution is -2.39. The normalized spacial score (nSPS) is 18.9. The van der Waals surface area contributed by atoms with Crippen molar-refractivity contribution in [2.45, 2.75) is 51.7 Å². The van der Waals surface area contributed by atoms with E-state index in [9.17, 15) is 5.11 Å². The van der Waals surface area contributed by atoms with Gasteiger partial charge in [0.1, 0.15) is 0 Å². The maximum atomic E-state index is 10.1. The van der Waals surface area contributed by atoms with Crippen LogP contribution in [0.3, 0.4) is 0 Å². The van der Waals surface area contributed by atoms with Gasteiger partial charge in [-0.15, -0.1) is 0 Å². The second-order valence-electron chi connectivity index (χ2n) is 4.42. The highest BCUT2D eigenvalue weighted by Gasteiger charge is 2.36. The fourth-order valence-electron chi connectivity index (χ4n) is 2.11. The van der Waals surface area contributed by atoms with Crippen LogP contribution in [0.1, 0.15) is 37.6 Å². The lowest BCUT2D eigenvalue weighted by molar-refractivity contribution is -0.0338. The Hall–Kier alpha value is -0.540. The number of aromatic nitrogens is 2. The molecule has 84 valence electrons. The largest absolute Gasteiger partial charge is 0.389 e. The SMILES string of the molecule is CCn1nc(C)c(Cl)c1CC1(O)CCC1. The van der Waals surface area contributed by atoms with Crippen molar-refractivity contribution >= 4 is 11.6 Å². The minimum atomic E-state index is -0.525. The second-order valence-corrected chi connectivity index (χ2v) is 4.79. The third-order valence-electron chi connectivity index (χ3n) is 3.23. The maximum absolute atomic E-state index is 10.1. The van der Waals surface area contributed by atoms with E-state index in [4.69, 9.17) is 11.6 Å². The molecule has 0 atom stereocenters. The summed E-state index contributed by atoms with van der Waals surface area (Å²) in [5, 5.41) is 15.2. The van der Waals surface area contributed by atoms with Crippen LogP contribution >= 0.6 is 11.6 Å². The molecule has 0 unspecified atom stereocenters. The highest BCUT2D eigenvalue weighted by molar-refractivity contribution is 6.31. The summed E-state index contributed by atoms with van der Waals surface area (Å²) in [4.78, 5) is 0. The van der Waals surface area contributed by atoms with E-state index in [1.54, 1.807) is 0 Å². The van der Waals surface area contributed by atoms with Gasteiger partial charge in [-0.1, -0.05) is 11.6 Å². The van der Waals surface area contributed by atoms with Crippen LogP contribution in [-0.2, 0) is 13.0 Å². The van der Waals surface area contributed by atoms with Crippen LogP contribution in [0.25, 0.3) is 0 Å². The molecule has 1 aliphatic rings. The van der Waals surface area contributed by atoms with Gasteiger partial charge < -0.3 is 5.11 Å². The first-order valence-electron chi connectivity index (χ1n) is 5.50. The van der Waals surface area contributed by atoms with Gasteiger partial charge in [-0.3, -0.25) is 4.68 Å². The smallest absolute Gasteiger partial charge is 0.0848 e. The molecule has 1 fully saturated rings. The Labute approximate surface area is 95.0 Å². The van der Waals surface area contributed by atoms with E-state index in [2.05, 4.69) is 5.10 Å². The Morgan fingerprint density at radius 3 is 2.67 bits per heavy atom. The summed E-state index contributed by atoms with van der Waals surface area (Å²) in [5.41, 5.74) is 1.32. The molecule has 3 nitrogen and oxygen atoms in total. The van der Waals surface area contributed by atoms with Gasteiger partial charge in [0.2, 0.25) is 0 Å². The molecular weight excluding hydrogens is 212 g/mol. The average molecular weight is 229 g/mol. The molecule has 1 aliphatic carbocycles. The second kappa shape index (κ2) is 3.80. The molecule has 4 heteroatoms. The van der Waals surface area contributed by atoms with E-state index in [1.807, 2.05) is 18.5 Å². The van der Waals surface area contributed by atoms with Gasteiger partial charge in [-0.25, -0.2) is 0 Å². The zero-order valence-electron chi connectivity index (χ0n) is 9.26. The number of hydrogen-bond acceptors (Lipinski definition) is 2. The van der Waals surface area contributed by atoms with Gasteiger partial charge in [-0.05, 0) is 33.1 Å². The van der Waals surface area contributed by atoms with Crippen LogP contribution in [0.4, 0.5) is 0 Å². The first-order chi connectivity index (χ1) is 7.06. The molecule has 0 bridgehead atoms. The van der Waals surface area contributed by atoms with Gasteiger partial charge in [-0.2, -0.15) is 5.10 Å². The maximum Gasteiger partial charge on any atom is 0.0848 e. The lowest BCUT2D eigenvalue weighted by Gasteiger charge is -2.36. The van der Waals surface area contributed by atoms with E-state index < -0.39 is 5.60 Å². The zero-order chi connectivity index (χ0) is 11.1. The predicted octanol–water partition coefficient (Wildman–Crippen LogP) is 2.32. The molecular formula is C11H17ClN2O. The fraction of sp³-hybridized carbons (Fsp3) is 0.727. The Kier molecular flexibility index (Phi) is 2.77. The quantitative estimate of drug-likeness (QED) is 0.862. The van der Waals surface area contributed by atoms with E-state index >= 15 is 0 Å². The average Bonchev–Trinajstić information content (AvgIpc) is 2.43. The van der Waals surface area contributed by atoms with Crippen LogP contribution in [0.2, 0.25) is 5.02 Å². The monoisotopic (exact) mass is 228 g/mol. The van der Waals surface area contributed by atoms with Gasteiger partial charge in [0, 0.05) is 13.0 Å². The third kappa shape index (κ3) is 1.91. The highest BCUT2D eigenvalue weighted by atomic mass is 35.5. The van der Waals surface area contributed by atoms with E-state index in [0.29, 0.717) is 6.42 Å². The minimum Gasteiger partial charge on any atom is -0.389 e. The van der Waals surface area contributed by atoms with E-state index in [-0.39, 0.29) is 0 Å². The topological polar surface area (TPSA) is 38.0 Å². The van der Waals surface area contributed by atoms with Gasteiger partial charge in [0.15, 0.2) is 0 Å². The molecule has 1 heterocycles. The Balaban J connectivity index is 2.26. The molecule has 15 heavy (non-hydrogen) atoms. The highest BCUT2D eigenvalue weighted by Crippen LogP contribution is 2.36. The summed E-state index contributed by atoms with van der Waals surface area (Å²) < 4.78 is 1.90. The van der Waals surface area contributed by atoms with Crippen molar-refractivity contribution in [1.82, 2.24) is 9.78 Å². The summed E-state index contributed by atoms with van der Waals surface area (Å²) >= 11 is 6.19. The van der Waals surface area contributed by atoms with Crippen molar-refractivity contribution in [2.24, 2.45) is 0 Å². The van der Waals surface area contributed by atoms with Gasteiger partial charge in [0.25, 0.3) is 0 Å². The Morgan fingerprint density at radius 1 is 1.53 bits per heavy atom. The fourth-order valence-corrected chi connectivity index (χ4v) is 2.31.